The minimum atomic E-state index is -4.27. The van der Waals surface area contributed by atoms with Crippen molar-refractivity contribution in [2.45, 2.75) is 18.7 Å². The lowest BCUT2D eigenvalue weighted by Gasteiger charge is -2.21. The molecule has 0 bridgehead atoms. The number of hydrogen-bond acceptors (Lipinski definition) is 8. The maximum atomic E-state index is 14.1. The van der Waals surface area contributed by atoms with E-state index in [0.29, 0.717) is 18.1 Å². The van der Waals surface area contributed by atoms with Gasteiger partial charge in [-0.25, -0.2) is 17.6 Å². The number of methoxy groups -OCH3 is 1. The molecule has 0 aliphatic rings. The zero-order valence-electron chi connectivity index (χ0n) is 20.3. The molecule has 1 heterocycles. The largest absolute Gasteiger partial charge is 0.493 e. The molecule has 9 nitrogen and oxygen atoms in total. The smallest absolute Gasteiger partial charge is 0.338 e. The SMILES string of the molecule is CCOC(=O)c1cc(F)cc(NC(=O)c2sc(Cl)cc2S(=O)(=O)N(C)c2ccc(OCC)c(OC)c2)c1. The number of nitrogens with one attached hydrogen (secondary N) is 1. The summed E-state index contributed by atoms with van der Waals surface area (Å²) in [5.41, 5.74) is 0.0714. The molecule has 198 valence electrons. The van der Waals surface area contributed by atoms with E-state index >= 15 is 0 Å². The van der Waals surface area contributed by atoms with Crippen LogP contribution in [0.4, 0.5) is 15.8 Å². The van der Waals surface area contributed by atoms with Crippen LogP contribution in [-0.4, -0.2) is 47.7 Å². The molecule has 0 radical (unpaired) electrons. The monoisotopic (exact) mass is 570 g/mol. The number of carbonyl (C=O) groups excluding carboxylic acids is 2. The fourth-order valence-corrected chi connectivity index (χ4v) is 6.17. The summed E-state index contributed by atoms with van der Waals surface area (Å²) in [6, 6.07) is 8.92. The van der Waals surface area contributed by atoms with E-state index < -0.39 is 27.7 Å². The Morgan fingerprint density at radius 3 is 2.46 bits per heavy atom. The predicted molar refractivity (Wildman–Crippen MR) is 139 cm³/mol. The van der Waals surface area contributed by atoms with Crippen LogP contribution in [-0.2, 0) is 14.8 Å². The number of halogens is 2. The summed E-state index contributed by atoms with van der Waals surface area (Å²) >= 11 is 6.84. The van der Waals surface area contributed by atoms with Gasteiger partial charge in [0.05, 0.1) is 35.9 Å². The summed E-state index contributed by atoms with van der Waals surface area (Å²) < 4.78 is 57.8. The standard InChI is InChI=1S/C24H24ClFN2O7S2/c1-5-34-18-8-7-17(12-19(18)33-4)28(3)37(31,32)20-13-21(25)36-22(20)23(29)27-16-10-14(9-15(26)11-16)24(30)35-6-2/h7-13H,5-6H2,1-4H3,(H,27,29). The van der Waals surface area contributed by atoms with E-state index in [1.807, 2.05) is 0 Å². The maximum absolute atomic E-state index is 14.1. The number of sulfonamides is 1. The van der Waals surface area contributed by atoms with Crippen molar-refractivity contribution in [2.75, 3.05) is 37.0 Å². The second kappa shape index (κ2) is 11.8. The zero-order chi connectivity index (χ0) is 27.3. The average molecular weight is 571 g/mol. The molecular weight excluding hydrogens is 547 g/mol. The fourth-order valence-electron chi connectivity index (χ4n) is 3.29. The third-order valence-electron chi connectivity index (χ3n) is 4.99. The van der Waals surface area contributed by atoms with Crippen LogP contribution in [0.25, 0.3) is 0 Å². The lowest BCUT2D eigenvalue weighted by molar-refractivity contribution is 0.0525. The Hall–Kier alpha value is -3.35. The van der Waals surface area contributed by atoms with Crippen LogP contribution in [0.2, 0.25) is 4.34 Å². The molecule has 0 aliphatic carbocycles. The molecule has 37 heavy (non-hydrogen) atoms. The van der Waals surface area contributed by atoms with E-state index in [4.69, 9.17) is 25.8 Å². The Kier molecular flexibility index (Phi) is 9.00. The van der Waals surface area contributed by atoms with E-state index in [1.54, 1.807) is 19.9 Å². The average Bonchev–Trinajstić information content (AvgIpc) is 3.26. The zero-order valence-corrected chi connectivity index (χ0v) is 22.7. The molecule has 1 amide bonds. The maximum Gasteiger partial charge on any atom is 0.338 e. The second-order valence-electron chi connectivity index (χ2n) is 7.39. The number of ether oxygens (including phenoxy) is 3. The second-order valence-corrected chi connectivity index (χ2v) is 11.0. The van der Waals surface area contributed by atoms with E-state index in [9.17, 15) is 22.4 Å². The number of anilines is 2. The number of benzene rings is 2. The van der Waals surface area contributed by atoms with Gasteiger partial charge in [0, 0.05) is 18.8 Å². The van der Waals surface area contributed by atoms with Gasteiger partial charge in [-0.05, 0) is 50.2 Å². The van der Waals surface area contributed by atoms with Gasteiger partial charge in [0.25, 0.3) is 15.9 Å². The number of amides is 1. The van der Waals surface area contributed by atoms with E-state index in [2.05, 4.69) is 5.32 Å². The quantitative estimate of drug-likeness (QED) is 0.333. The number of carbonyl (C=O) groups is 2. The molecule has 3 aromatic rings. The molecule has 13 heteroatoms. The molecule has 0 fully saturated rings. The van der Waals surface area contributed by atoms with E-state index in [-0.39, 0.29) is 37.7 Å². The van der Waals surface area contributed by atoms with Crippen LogP contribution in [0, 0.1) is 5.82 Å². The Balaban J connectivity index is 1.94. The minimum Gasteiger partial charge on any atom is -0.493 e. The van der Waals surface area contributed by atoms with Gasteiger partial charge in [0.2, 0.25) is 0 Å². The minimum absolute atomic E-state index is 0.0489. The highest BCUT2D eigenvalue weighted by Gasteiger charge is 2.30. The third kappa shape index (κ3) is 6.32. The van der Waals surface area contributed by atoms with Gasteiger partial charge in [-0.1, -0.05) is 11.6 Å². The van der Waals surface area contributed by atoms with Crippen molar-refractivity contribution < 1.29 is 36.6 Å². The van der Waals surface area contributed by atoms with Gasteiger partial charge < -0.3 is 19.5 Å². The van der Waals surface area contributed by atoms with Crippen LogP contribution < -0.4 is 19.1 Å². The van der Waals surface area contributed by atoms with Crippen molar-refractivity contribution >= 4 is 56.2 Å². The van der Waals surface area contributed by atoms with Crippen LogP contribution >= 0.6 is 22.9 Å². The molecule has 0 spiro atoms. The van der Waals surface area contributed by atoms with Gasteiger partial charge in [-0.2, -0.15) is 0 Å². The first-order valence-corrected chi connectivity index (χ1v) is 13.5. The van der Waals surface area contributed by atoms with Crippen LogP contribution in [0.1, 0.15) is 33.9 Å². The van der Waals surface area contributed by atoms with Crippen molar-refractivity contribution in [1.82, 2.24) is 0 Å². The molecule has 0 saturated carbocycles. The first kappa shape index (κ1) is 28.2. The van der Waals surface area contributed by atoms with Crippen LogP contribution in [0.5, 0.6) is 11.5 Å². The summed E-state index contributed by atoms with van der Waals surface area (Å²) in [6.07, 6.45) is 0. The number of rotatable bonds is 10. The number of nitrogens with zero attached hydrogens (tertiary/aromatic N) is 1. The Morgan fingerprint density at radius 2 is 1.81 bits per heavy atom. The summed E-state index contributed by atoms with van der Waals surface area (Å²) in [5, 5.41) is 2.43. The summed E-state index contributed by atoms with van der Waals surface area (Å²) in [4.78, 5) is 24.5. The first-order chi connectivity index (χ1) is 17.5. The lowest BCUT2D eigenvalue weighted by atomic mass is 10.2. The van der Waals surface area contributed by atoms with Crippen molar-refractivity contribution in [3.05, 3.63) is 63.1 Å². The van der Waals surface area contributed by atoms with Gasteiger partial charge in [-0.15, -0.1) is 11.3 Å². The number of thiophene rings is 1. The Labute approximate surface area is 222 Å². The molecule has 3 rings (SSSR count). The summed E-state index contributed by atoms with van der Waals surface area (Å²) in [6.45, 7) is 3.88. The summed E-state index contributed by atoms with van der Waals surface area (Å²) in [5.74, 6) is -1.65. The molecule has 0 aliphatic heterocycles. The number of esters is 1. The normalized spacial score (nSPS) is 11.1. The van der Waals surface area contributed by atoms with Gasteiger partial charge in [0.15, 0.2) is 11.5 Å². The topological polar surface area (TPSA) is 111 Å². The van der Waals surface area contributed by atoms with E-state index in [1.165, 1.54) is 32.4 Å². The third-order valence-corrected chi connectivity index (χ3v) is 8.19. The molecule has 0 unspecified atom stereocenters. The highest BCUT2D eigenvalue weighted by atomic mass is 35.5. The molecule has 0 atom stereocenters. The van der Waals surface area contributed by atoms with Crippen molar-refractivity contribution in [1.29, 1.82) is 0 Å². The van der Waals surface area contributed by atoms with Crippen molar-refractivity contribution in [3.63, 3.8) is 0 Å². The van der Waals surface area contributed by atoms with Gasteiger partial charge >= 0.3 is 5.97 Å². The van der Waals surface area contributed by atoms with Crippen LogP contribution in [0.3, 0.4) is 0 Å². The Morgan fingerprint density at radius 1 is 1.08 bits per heavy atom. The highest BCUT2D eigenvalue weighted by Crippen LogP contribution is 2.37. The summed E-state index contributed by atoms with van der Waals surface area (Å²) in [7, 11) is -1.53. The molecule has 0 saturated heterocycles. The lowest BCUT2D eigenvalue weighted by Crippen LogP contribution is -2.28. The molecular formula is C24H24ClFN2O7S2. The van der Waals surface area contributed by atoms with E-state index in [0.717, 1.165) is 33.8 Å². The van der Waals surface area contributed by atoms with Crippen LogP contribution in [0.15, 0.2) is 47.4 Å². The first-order valence-electron chi connectivity index (χ1n) is 10.9. The predicted octanol–water partition coefficient (Wildman–Crippen LogP) is 5.20. The highest BCUT2D eigenvalue weighted by molar-refractivity contribution is 7.93. The van der Waals surface area contributed by atoms with Crippen molar-refractivity contribution in [3.8, 4) is 11.5 Å². The molecule has 1 N–H and O–H groups in total. The van der Waals surface area contributed by atoms with Gasteiger partial charge in [-0.3, -0.25) is 9.10 Å². The number of hydrogen-bond donors (Lipinski definition) is 1. The van der Waals surface area contributed by atoms with Gasteiger partial charge in [0.1, 0.15) is 15.6 Å². The molecule has 1 aromatic heterocycles. The fraction of sp³-hybridized carbons (Fsp3) is 0.250. The Bertz CT molecular complexity index is 1430. The molecule has 2 aromatic carbocycles. The van der Waals surface area contributed by atoms with Crippen molar-refractivity contribution in [2.24, 2.45) is 0 Å².